The van der Waals surface area contributed by atoms with Gasteiger partial charge in [0, 0.05) is 18.7 Å². The molecule has 4 heteroatoms. The zero-order valence-corrected chi connectivity index (χ0v) is 13.0. The van der Waals surface area contributed by atoms with Crippen LogP contribution < -0.4 is 20.5 Å². The molecule has 0 heterocycles. The predicted molar refractivity (Wildman–Crippen MR) is 85.9 cm³/mol. The number of methoxy groups -OCH3 is 2. The summed E-state index contributed by atoms with van der Waals surface area (Å²) in [6.07, 6.45) is 7.28. The number of nitrogens with one attached hydrogen (secondary N) is 1. The van der Waals surface area contributed by atoms with Gasteiger partial charge in [-0.25, -0.2) is 0 Å². The van der Waals surface area contributed by atoms with Crippen molar-refractivity contribution in [2.75, 3.05) is 27.3 Å². The van der Waals surface area contributed by atoms with Crippen molar-refractivity contribution in [3.8, 4) is 11.5 Å². The van der Waals surface area contributed by atoms with E-state index in [2.05, 4.69) is 11.4 Å². The van der Waals surface area contributed by atoms with Crippen LogP contribution >= 0.6 is 0 Å². The quantitative estimate of drug-likeness (QED) is 0.723. The van der Waals surface area contributed by atoms with Gasteiger partial charge in [-0.1, -0.05) is 11.6 Å². The third-order valence-electron chi connectivity index (χ3n) is 3.98. The van der Waals surface area contributed by atoms with E-state index in [-0.39, 0.29) is 6.04 Å². The second-order valence-electron chi connectivity index (χ2n) is 5.39. The minimum Gasteiger partial charge on any atom is -0.497 e. The van der Waals surface area contributed by atoms with Crippen LogP contribution in [0.3, 0.4) is 0 Å². The summed E-state index contributed by atoms with van der Waals surface area (Å²) in [6, 6.07) is 6.03. The van der Waals surface area contributed by atoms with Crippen LogP contribution in [0.1, 0.15) is 37.3 Å². The highest BCUT2D eigenvalue weighted by Gasteiger charge is 2.13. The summed E-state index contributed by atoms with van der Waals surface area (Å²) >= 11 is 0. The Morgan fingerprint density at radius 3 is 2.43 bits per heavy atom. The fourth-order valence-electron chi connectivity index (χ4n) is 2.74. The van der Waals surface area contributed by atoms with E-state index in [1.165, 1.54) is 19.3 Å². The Morgan fingerprint density at radius 2 is 1.90 bits per heavy atom. The topological polar surface area (TPSA) is 56.5 Å². The Labute approximate surface area is 127 Å². The van der Waals surface area contributed by atoms with Crippen LogP contribution in [0.4, 0.5) is 0 Å². The van der Waals surface area contributed by atoms with Gasteiger partial charge >= 0.3 is 0 Å². The van der Waals surface area contributed by atoms with Gasteiger partial charge in [0.2, 0.25) is 0 Å². The number of allylic oxidation sites excluding steroid dienone is 1. The van der Waals surface area contributed by atoms with Gasteiger partial charge in [-0.15, -0.1) is 0 Å². The number of benzene rings is 1. The molecule has 2 rings (SSSR count). The first kappa shape index (κ1) is 15.9. The van der Waals surface area contributed by atoms with E-state index in [0.29, 0.717) is 6.54 Å². The summed E-state index contributed by atoms with van der Waals surface area (Å²) < 4.78 is 10.6. The van der Waals surface area contributed by atoms with E-state index < -0.39 is 0 Å². The minimum atomic E-state index is 0.121. The van der Waals surface area contributed by atoms with Gasteiger partial charge in [0.25, 0.3) is 0 Å². The Bertz CT molecular complexity index is 463. The molecule has 0 fully saturated rings. The number of hydrogen-bond donors (Lipinski definition) is 2. The smallest absolute Gasteiger partial charge is 0.122 e. The lowest BCUT2D eigenvalue weighted by atomic mass is 10.1. The van der Waals surface area contributed by atoms with Crippen LogP contribution in [0.2, 0.25) is 0 Å². The summed E-state index contributed by atoms with van der Waals surface area (Å²) in [6.45, 7) is 1.50. The fraction of sp³-hybridized carbons (Fsp3) is 0.529. The summed E-state index contributed by atoms with van der Waals surface area (Å²) in [5, 5.41) is 3.54. The molecule has 1 atom stereocenters. The summed E-state index contributed by atoms with van der Waals surface area (Å²) in [5.41, 5.74) is 8.60. The highest BCUT2D eigenvalue weighted by Crippen LogP contribution is 2.26. The second kappa shape index (κ2) is 8.05. The molecule has 0 saturated heterocycles. The van der Waals surface area contributed by atoms with Crippen LogP contribution in [-0.4, -0.2) is 27.3 Å². The van der Waals surface area contributed by atoms with E-state index in [0.717, 1.165) is 30.0 Å². The molecule has 0 aromatic heterocycles. The molecule has 0 aliphatic heterocycles. The molecule has 0 amide bonds. The van der Waals surface area contributed by atoms with Crippen molar-refractivity contribution < 1.29 is 9.47 Å². The Morgan fingerprint density at radius 1 is 1.19 bits per heavy atom. The average molecular weight is 290 g/mol. The van der Waals surface area contributed by atoms with Crippen molar-refractivity contribution >= 4 is 0 Å². The SMILES string of the molecule is COc1cc(OC)cc(C(CN)NCCC2=CCCC2)c1. The number of rotatable bonds is 8. The Balaban J connectivity index is 1.98. The molecule has 1 aromatic carbocycles. The van der Waals surface area contributed by atoms with Crippen LogP contribution in [0.15, 0.2) is 29.8 Å². The van der Waals surface area contributed by atoms with Crippen LogP contribution in [0, 0.1) is 0 Å². The van der Waals surface area contributed by atoms with Crippen LogP contribution in [-0.2, 0) is 0 Å². The monoisotopic (exact) mass is 290 g/mol. The molecular formula is C17H26N2O2. The maximum atomic E-state index is 5.92. The van der Waals surface area contributed by atoms with Gasteiger partial charge in [-0.2, -0.15) is 0 Å². The molecule has 0 bridgehead atoms. The van der Waals surface area contributed by atoms with E-state index in [1.54, 1.807) is 19.8 Å². The number of ether oxygens (including phenoxy) is 2. The fourth-order valence-corrected chi connectivity index (χ4v) is 2.74. The normalized spacial score (nSPS) is 15.7. The highest BCUT2D eigenvalue weighted by atomic mass is 16.5. The molecule has 1 aromatic rings. The van der Waals surface area contributed by atoms with Crippen LogP contribution in [0.25, 0.3) is 0 Å². The van der Waals surface area contributed by atoms with Crippen molar-refractivity contribution in [1.82, 2.24) is 5.32 Å². The van der Waals surface area contributed by atoms with E-state index in [4.69, 9.17) is 15.2 Å². The van der Waals surface area contributed by atoms with Crippen molar-refractivity contribution in [3.63, 3.8) is 0 Å². The molecular weight excluding hydrogens is 264 g/mol. The molecule has 0 spiro atoms. The maximum absolute atomic E-state index is 5.92. The molecule has 0 saturated carbocycles. The highest BCUT2D eigenvalue weighted by molar-refractivity contribution is 5.40. The van der Waals surface area contributed by atoms with Crippen molar-refractivity contribution in [2.24, 2.45) is 5.73 Å². The van der Waals surface area contributed by atoms with E-state index in [1.807, 2.05) is 18.2 Å². The molecule has 21 heavy (non-hydrogen) atoms. The lowest BCUT2D eigenvalue weighted by molar-refractivity contribution is 0.391. The maximum Gasteiger partial charge on any atom is 0.122 e. The third kappa shape index (κ3) is 4.48. The lowest BCUT2D eigenvalue weighted by Crippen LogP contribution is -2.29. The van der Waals surface area contributed by atoms with Gasteiger partial charge in [-0.05, 0) is 49.9 Å². The third-order valence-corrected chi connectivity index (χ3v) is 3.98. The van der Waals surface area contributed by atoms with Crippen molar-refractivity contribution in [3.05, 3.63) is 35.4 Å². The van der Waals surface area contributed by atoms with Gasteiger partial charge in [-0.3, -0.25) is 0 Å². The average Bonchev–Trinajstić information content (AvgIpc) is 3.04. The first-order valence-electron chi connectivity index (χ1n) is 7.61. The first-order valence-corrected chi connectivity index (χ1v) is 7.61. The van der Waals surface area contributed by atoms with Gasteiger partial charge in [0.1, 0.15) is 11.5 Å². The standard InChI is InChI=1S/C17H26N2O2/c1-20-15-9-14(10-16(11-15)21-2)17(12-18)19-8-7-13-5-3-4-6-13/h5,9-11,17,19H,3-4,6-8,12,18H2,1-2H3. The van der Waals surface area contributed by atoms with E-state index >= 15 is 0 Å². The Hall–Kier alpha value is -1.52. The summed E-state index contributed by atoms with van der Waals surface area (Å²) in [5.74, 6) is 1.59. The minimum absolute atomic E-state index is 0.121. The Kier molecular flexibility index (Phi) is 6.08. The molecule has 1 aliphatic carbocycles. The molecule has 116 valence electrons. The molecule has 1 unspecified atom stereocenters. The summed E-state index contributed by atoms with van der Waals surface area (Å²) in [7, 11) is 3.33. The number of hydrogen-bond acceptors (Lipinski definition) is 4. The zero-order chi connectivity index (χ0) is 15.1. The van der Waals surface area contributed by atoms with Crippen molar-refractivity contribution in [2.45, 2.75) is 31.7 Å². The van der Waals surface area contributed by atoms with Crippen molar-refractivity contribution in [1.29, 1.82) is 0 Å². The molecule has 3 N–H and O–H groups in total. The molecule has 4 nitrogen and oxygen atoms in total. The lowest BCUT2D eigenvalue weighted by Gasteiger charge is -2.19. The largest absolute Gasteiger partial charge is 0.497 e. The van der Waals surface area contributed by atoms with Crippen LogP contribution in [0.5, 0.6) is 11.5 Å². The molecule has 0 radical (unpaired) electrons. The van der Waals surface area contributed by atoms with Gasteiger partial charge in [0.15, 0.2) is 0 Å². The summed E-state index contributed by atoms with van der Waals surface area (Å²) in [4.78, 5) is 0. The van der Waals surface area contributed by atoms with Gasteiger partial charge < -0.3 is 20.5 Å². The van der Waals surface area contributed by atoms with Gasteiger partial charge in [0.05, 0.1) is 14.2 Å². The second-order valence-corrected chi connectivity index (χ2v) is 5.39. The molecule has 1 aliphatic rings. The number of nitrogens with two attached hydrogens (primary N) is 1. The zero-order valence-electron chi connectivity index (χ0n) is 13.0. The first-order chi connectivity index (χ1) is 10.3. The predicted octanol–water partition coefficient (Wildman–Crippen LogP) is 2.79. The van der Waals surface area contributed by atoms with E-state index in [9.17, 15) is 0 Å².